The lowest BCUT2D eigenvalue weighted by Crippen LogP contribution is -1.92. The van der Waals surface area contributed by atoms with Crippen LogP contribution in [0.3, 0.4) is 0 Å². The van der Waals surface area contributed by atoms with Gasteiger partial charge in [-0.25, -0.2) is 4.79 Å². The number of hydrogen-bond acceptors (Lipinski definition) is 2. The summed E-state index contributed by atoms with van der Waals surface area (Å²) in [6.07, 6.45) is 0. The minimum absolute atomic E-state index is 0.596. The molecular weight excluding hydrogens is 180 g/mol. The van der Waals surface area contributed by atoms with Crippen molar-refractivity contribution < 1.29 is 14.6 Å². The molecule has 0 fully saturated rings. The molecule has 1 N–H and O–H groups in total. The predicted octanol–water partition coefficient (Wildman–Crippen LogP) is 1.44. The van der Waals surface area contributed by atoms with Gasteiger partial charge in [0.15, 0.2) is 0 Å². The first-order chi connectivity index (χ1) is 6.65. The number of rotatable bonds is 1. The van der Waals surface area contributed by atoms with Crippen LogP contribution in [0.4, 0.5) is 0 Å². The average Bonchev–Trinajstić information content (AvgIpc) is 2.15. The second-order valence-corrected chi connectivity index (χ2v) is 2.71. The van der Waals surface area contributed by atoms with Crippen molar-refractivity contribution in [2.75, 3.05) is 7.11 Å². The van der Waals surface area contributed by atoms with Crippen molar-refractivity contribution in [1.29, 1.82) is 0 Å². The Bertz CT molecular complexity index is 410. The Labute approximate surface area is 82.3 Å². The zero-order valence-electron chi connectivity index (χ0n) is 8.00. The molecule has 0 amide bonds. The molecule has 0 aliphatic rings. The van der Waals surface area contributed by atoms with Gasteiger partial charge in [-0.1, -0.05) is 18.1 Å². The van der Waals surface area contributed by atoms with Gasteiger partial charge in [0.2, 0.25) is 0 Å². The Balaban J connectivity index is 3.19. The van der Waals surface area contributed by atoms with Crippen molar-refractivity contribution in [2.45, 2.75) is 6.92 Å². The predicted molar refractivity (Wildman–Crippen MR) is 52.2 cm³/mol. The van der Waals surface area contributed by atoms with Crippen LogP contribution in [0.15, 0.2) is 18.2 Å². The first-order valence-corrected chi connectivity index (χ1v) is 4.03. The van der Waals surface area contributed by atoms with Gasteiger partial charge in [0.25, 0.3) is 0 Å². The van der Waals surface area contributed by atoms with Crippen molar-refractivity contribution >= 4 is 5.97 Å². The largest absolute Gasteiger partial charge is 0.495 e. The molecule has 0 unspecified atom stereocenters. The monoisotopic (exact) mass is 190 g/mol. The maximum atomic E-state index is 10.3. The molecule has 0 saturated heterocycles. The summed E-state index contributed by atoms with van der Waals surface area (Å²) in [5, 5.41) is 8.41. The second-order valence-electron chi connectivity index (χ2n) is 2.71. The lowest BCUT2D eigenvalue weighted by atomic mass is 10.1. The van der Waals surface area contributed by atoms with Gasteiger partial charge < -0.3 is 9.84 Å². The van der Waals surface area contributed by atoms with E-state index in [1.807, 2.05) is 19.1 Å². The summed E-state index contributed by atoms with van der Waals surface area (Å²) >= 11 is 0. The Morgan fingerprint density at radius 3 is 2.79 bits per heavy atom. The van der Waals surface area contributed by atoms with Gasteiger partial charge in [-0.15, -0.1) is 0 Å². The number of methoxy groups -OCH3 is 1. The van der Waals surface area contributed by atoms with Crippen molar-refractivity contribution in [2.24, 2.45) is 0 Å². The minimum Gasteiger partial charge on any atom is -0.495 e. The van der Waals surface area contributed by atoms with Crippen LogP contribution in [0.25, 0.3) is 0 Å². The molecule has 0 saturated carbocycles. The zero-order chi connectivity index (χ0) is 10.6. The topological polar surface area (TPSA) is 46.5 Å². The van der Waals surface area contributed by atoms with Gasteiger partial charge in [0, 0.05) is 5.92 Å². The molecule has 0 radical (unpaired) electrons. The molecule has 0 bridgehead atoms. The van der Waals surface area contributed by atoms with Gasteiger partial charge in [-0.05, 0) is 18.6 Å². The molecule has 14 heavy (non-hydrogen) atoms. The summed E-state index contributed by atoms with van der Waals surface area (Å²) in [5.74, 6) is 4.07. The van der Waals surface area contributed by atoms with E-state index in [4.69, 9.17) is 9.84 Å². The number of hydrogen-bond donors (Lipinski definition) is 1. The average molecular weight is 190 g/mol. The van der Waals surface area contributed by atoms with Crippen molar-refractivity contribution in [3.8, 4) is 17.6 Å². The van der Waals surface area contributed by atoms with Gasteiger partial charge in [-0.2, -0.15) is 0 Å². The maximum Gasteiger partial charge on any atom is 0.382 e. The molecule has 72 valence electrons. The van der Waals surface area contributed by atoms with Crippen LogP contribution < -0.4 is 4.74 Å². The first-order valence-electron chi connectivity index (χ1n) is 4.03. The molecule has 0 spiro atoms. The highest BCUT2D eigenvalue weighted by molar-refractivity contribution is 5.87. The molecule has 0 atom stereocenters. The molecule has 1 rings (SSSR count). The second kappa shape index (κ2) is 4.33. The number of carboxylic acids is 1. The van der Waals surface area contributed by atoms with Crippen molar-refractivity contribution in [3.63, 3.8) is 0 Å². The third-order valence-corrected chi connectivity index (χ3v) is 1.75. The van der Waals surface area contributed by atoms with Crippen LogP contribution in [0.5, 0.6) is 5.75 Å². The molecule has 0 aliphatic heterocycles. The summed E-state index contributed by atoms with van der Waals surface area (Å²) < 4.78 is 5.06. The number of carboxylic acid groups (broad SMARTS) is 1. The summed E-state index contributed by atoms with van der Waals surface area (Å²) in [6.45, 7) is 1.86. The highest BCUT2D eigenvalue weighted by Gasteiger charge is 2.02. The Kier molecular flexibility index (Phi) is 3.14. The normalized spacial score (nSPS) is 8.71. The molecule has 3 nitrogen and oxygen atoms in total. The van der Waals surface area contributed by atoms with E-state index >= 15 is 0 Å². The molecule has 1 aromatic carbocycles. The summed E-state index contributed by atoms with van der Waals surface area (Å²) in [6, 6.07) is 5.44. The van der Waals surface area contributed by atoms with Crippen LogP contribution in [-0.4, -0.2) is 18.2 Å². The van der Waals surface area contributed by atoms with Gasteiger partial charge >= 0.3 is 5.97 Å². The van der Waals surface area contributed by atoms with Gasteiger partial charge in [-0.3, -0.25) is 0 Å². The van der Waals surface area contributed by atoms with Crippen molar-refractivity contribution in [1.82, 2.24) is 0 Å². The fraction of sp³-hybridized carbons (Fsp3) is 0.182. The number of ether oxygens (including phenoxy) is 1. The summed E-state index contributed by atoms with van der Waals surface area (Å²) in [5.41, 5.74) is 1.52. The summed E-state index contributed by atoms with van der Waals surface area (Å²) in [7, 11) is 1.53. The molecule has 0 aliphatic carbocycles. The van der Waals surface area contributed by atoms with Crippen LogP contribution in [0.1, 0.15) is 11.1 Å². The van der Waals surface area contributed by atoms with Gasteiger partial charge in [0.1, 0.15) is 5.75 Å². The van der Waals surface area contributed by atoms with Crippen LogP contribution in [-0.2, 0) is 4.79 Å². The van der Waals surface area contributed by atoms with E-state index in [0.29, 0.717) is 11.3 Å². The molecule has 1 aromatic rings. The Morgan fingerprint density at radius 1 is 1.50 bits per heavy atom. The standard InChI is InChI=1S/C11H10O3/c1-8-4-3-5-10(14-2)9(8)6-7-11(12)13/h3-5H,1-2H3,(H,12,13). The van der Waals surface area contributed by atoms with E-state index in [1.165, 1.54) is 7.11 Å². The molecular formula is C11H10O3. The van der Waals surface area contributed by atoms with Gasteiger partial charge in [0.05, 0.1) is 12.7 Å². The fourth-order valence-electron chi connectivity index (χ4n) is 1.09. The van der Waals surface area contributed by atoms with Crippen LogP contribution >= 0.6 is 0 Å². The first kappa shape index (κ1) is 10.1. The Hall–Kier alpha value is -1.95. The van der Waals surface area contributed by atoms with E-state index in [1.54, 1.807) is 6.07 Å². The SMILES string of the molecule is COc1cccc(C)c1C#CC(=O)O. The van der Waals surface area contributed by atoms with E-state index < -0.39 is 5.97 Å². The quantitative estimate of drug-likeness (QED) is 0.681. The molecule has 0 aromatic heterocycles. The smallest absolute Gasteiger partial charge is 0.382 e. The highest BCUT2D eigenvalue weighted by Crippen LogP contribution is 2.19. The van der Waals surface area contributed by atoms with Crippen molar-refractivity contribution in [3.05, 3.63) is 29.3 Å². The lowest BCUT2D eigenvalue weighted by molar-refractivity contribution is -0.130. The highest BCUT2D eigenvalue weighted by atomic mass is 16.5. The van der Waals surface area contributed by atoms with Crippen LogP contribution in [0, 0.1) is 18.8 Å². The number of carbonyl (C=O) groups is 1. The third-order valence-electron chi connectivity index (χ3n) is 1.75. The Morgan fingerprint density at radius 2 is 2.21 bits per heavy atom. The molecule has 3 heteroatoms. The van der Waals surface area contributed by atoms with E-state index in [2.05, 4.69) is 11.8 Å². The zero-order valence-corrected chi connectivity index (χ0v) is 8.00. The summed E-state index contributed by atoms with van der Waals surface area (Å²) in [4.78, 5) is 10.3. The number of aryl methyl sites for hydroxylation is 1. The number of aliphatic carboxylic acids is 1. The fourth-order valence-corrected chi connectivity index (χ4v) is 1.09. The van der Waals surface area contributed by atoms with Crippen LogP contribution in [0.2, 0.25) is 0 Å². The lowest BCUT2D eigenvalue weighted by Gasteiger charge is -2.04. The minimum atomic E-state index is -1.14. The molecule has 0 heterocycles. The number of benzene rings is 1. The van der Waals surface area contributed by atoms with E-state index in [0.717, 1.165) is 5.56 Å². The maximum absolute atomic E-state index is 10.3. The van der Waals surface area contributed by atoms with E-state index in [-0.39, 0.29) is 0 Å². The van der Waals surface area contributed by atoms with E-state index in [9.17, 15) is 4.79 Å². The third kappa shape index (κ3) is 2.27.